The van der Waals surface area contributed by atoms with Gasteiger partial charge in [0.1, 0.15) is 11.9 Å². The second-order valence-electron chi connectivity index (χ2n) is 8.68. The molecule has 3 atom stereocenters. The number of Topliss-reactive ketones (excluding diaryl/α,β-unsaturated/α-hetero) is 1. The van der Waals surface area contributed by atoms with Gasteiger partial charge in [-0.3, -0.25) is 9.59 Å². The fraction of sp³-hybridized carbons (Fsp3) is 0.600. The summed E-state index contributed by atoms with van der Waals surface area (Å²) in [7, 11) is 0. The number of ether oxygens (including phenoxy) is 2. The van der Waals surface area contributed by atoms with Crippen LogP contribution in [-0.2, 0) is 14.3 Å². The first-order valence-corrected chi connectivity index (χ1v) is 11.6. The van der Waals surface area contributed by atoms with Crippen molar-refractivity contribution < 1.29 is 19.1 Å². The molecule has 0 spiro atoms. The molecule has 5 nitrogen and oxygen atoms in total. The zero-order valence-electron chi connectivity index (χ0n) is 18.2. The van der Waals surface area contributed by atoms with Crippen molar-refractivity contribution in [2.45, 2.75) is 77.4 Å². The van der Waals surface area contributed by atoms with Crippen molar-refractivity contribution in [2.24, 2.45) is 5.92 Å². The quantitative estimate of drug-likeness (QED) is 0.567. The van der Waals surface area contributed by atoms with Crippen molar-refractivity contribution in [1.29, 1.82) is 0 Å². The van der Waals surface area contributed by atoms with E-state index in [0.29, 0.717) is 24.5 Å². The van der Waals surface area contributed by atoms with Crippen LogP contribution in [0, 0.1) is 5.92 Å². The first-order valence-electron chi connectivity index (χ1n) is 11.6. The van der Waals surface area contributed by atoms with Gasteiger partial charge >= 0.3 is 0 Å². The minimum Gasteiger partial charge on any atom is -0.494 e. The van der Waals surface area contributed by atoms with Crippen molar-refractivity contribution in [3.63, 3.8) is 0 Å². The number of unbranched alkanes of at least 4 members (excludes halogenated alkanes) is 2. The Bertz CT molecular complexity index is 813. The molecule has 4 rings (SSSR count). The van der Waals surface area contributed by atoms with E-state index in [9.17, 15) is 9.59 Å². The van der Waals surface area contributed by atoms with Crippen LogP contribution in [0.5, 0.6) is 5.75 Å². The normalized spacial score (nSPS) is 25.8. The Morgan fingerprint density at radius 3 is 2.53 bits per heavy atom. The molecule has 1 aromatic carbocycles. The van der Waals surface area contributed by atoms with Gasteiger partial charge in [-0.25, -0.2) is 0 Å². The van der Waals surface area contributed by atoms with Crippen LogP contribution in [0.3, 0.4) is 0 Å². The Labute approximate surface area is 179 Å². The molecular formula is C25H33NO4. The summed E-state index contributed by atoms with van der Waals surface area (Å²) in [6, 6.07) is 7.53. The molecule has 30 heavy (non-hydrogen) atoms. The summed E-state index contributed by atoms with van der Waals surface area (Å²) in [6.07, 6.45) is 7.92. The summed E-state index contributed by atoms with van der Waals surface area (Å²) in [6.45, 7) is 5.55. The molecule has 0 radical (unpaired) electrons. The third kappa shape index (κ3) is 3.86. The van der Waals surface area contributed by atoms with Gasteiger partial charge in [0, 0.05) is 6.54 Å². The molecule has 0 N–H and O–H groups in total. The average Bonchev–Trinajstić information content (AvgIpc) is 3.04. The third-order valence-electron chi connectivity index (χ3n) is 6.54. The van der Waals surface area contributed by atoms with Gasteiger partial charge in [0.15, 0.2) is 11.5 Å². The lowest BCUT2D eigenvalue weighted by Crippen LogP contribution is -2.39. The standard InChI is InChI=1S/C25H33NO4/c1-3-5-8-16-29-18-13-11-17(12-14-18)22-21-23(27)19-9-6-7-10-20(19)30-24(21)25(28)26(22)15-4-2/h11-14,19-20,22H,3-10,15-16H2,1-2H3. The molecule has 3 unspecified atom stereocenters. The van der Waals surface area contributed by atoms with Crippen LogP contribution < -0.4 is 4.74 Å². The topological polar surface area (TPSA) is 55.8 Å². The summed E-state index contributed by atoms with van der Waals surface area (Å²) in [5.41, 5.74) is 1.53. The SMILES string of the molecule is CCCCCOc1ccc(C2C3=C(OC4CCCCC4C3=O)C(=O)N2CCC)cc1. The first kappa shape index (κ1) is 21.0. The Morgan fingerprint density at radius 2 is 1.80 bits per heavy atom. The summed E-state index contributed by atoms with van der Waals surface area (Å²) < 4.78 is 12.0. The lowest BCUT2D eigenvalue weighted by molar-refractivity contribution is -0.135. The van der Waals surface area contributed by atoms with E-state index >= 15 is 0 Å². The van der Waals surface area contributed by atoms with Crippen LogP contribution in [0.4, 0.5) is 0 Å². The van der Waals surface area contributed by atoms with E-state index in [4.69, 9.17) is 9.47 Å². The van der Waals surface area contributed by atoms with Gasteiger partial charge in [-0.05, 0) is 49.8 Å². The highest BCUT2D eigenvalue weighted by molar-refractivity contribution is 6.11. The zero-order valence-corrected chi connectivity index (χ0v) is 18.2. The highest BCUT2D eigenvalue weighted by atomic mass is 16.5. The maximum absolute atomic E-state index is 13.4. The Morgan fingerprint density at radius 1 is 1.03 bits per heavy atom. The van der Waals surface area contributed by atoms with Gasteiger partial charge in [-0.15, -0.1) is 0 Å². The van der Waals surface area contributed by atoms with E-state index in [0.717, 1.165) is 56.3 Å². The molecule has 2 heterocycles. The summed E-state index contributed by atoms with van der Waals surface area (Å²) in [5, 5.41) is 0. The van der Waals surface area contributed by atoms with E-state index in [1.807, 2.05) is 29.2 Å². The van der Waals surface area contributed by atoms with Crippen LogP contribution in [0.25, 0.3) is 0 Å². The summed E-state index contributed by atoms with van der Waals surface area (Å²) in [5.74, 6) is 1.03. The minimum atomic E-state index is -0.350. The van der Waals surface area contributed by atoms with Gasteiger partial charge < -0.3 is 14.4 Å². The summed E-state index contributed by atoms with van der Waals surface area (Å²) in [4.78, 5) is 28.4. The third-order valence-corrected chi connectivity index (χ3v) is 6.54. The maximum atomic E-state index is 13.4. The lowest BCUT2D eigenvalue weighted by Gasteiger charge is -2.35. The van der Waals surface area contributed by atoms with E-state index in [1.54, 1.807) is 0 Å². The van der Waals surface area contributed by atoms with Gasteiger partial charge in [-0.2, -0.15) is 0 Å². The first-order chi connectivity index (χ1) is 14.7. The van der Waals surface area contributed by atoms with Crippen molar-refractivity contribution in [2.75, 3.05) is 13.2 Å². The monoisotopic (exact) mass is 411 g/mol. The van der Waals surface area contributed by atoms with Crippen LogP contribution in [-0.4, -0.2) is 35.8 Å². The minimum absolute atomic E-state index is 0.101. The number of rotatable bonds is 8. The molecule has 1 aromatic rings. The zero-order chi connectivity index (χ0) is 21.1. The second-order valence-corrected chi connectivity index (χ2v) is 8.68. The Balaban J connectivity index is 1.60. The largest absolute Gasteiger partial charge is 0.494 e. The van der Waals surface area contributed by atoms with Crippen LogP contribution in [0.1, 0.15) is 76.8 Å². The van der Waals surface area contributed by atoms with Crippen LogP contribution >= 0.6 is 0 Å². The van der Waals surface area contributed by atoms with Crippen molar-refractivity contribution in [1.82, 2.24) is 4.90 Å². The predicted molar refractivity (Wildman–Crippen MR) is 115 cm³/mol. The van der Waals surface area contributed by atoms with E-state index in [2.05, 4.69) is 13.8 Å². The Kier molecular flexibility index (Phi) is 6.45. The molecule has 162 valence electrons. The van der Waals surface area contributed by atoms with Crippen LogP contribution in [0.2, 0.25) is 0 Å². The lowest BCUT2D eigenvalue weighted by atomic mass is 9.77. The summed E-state index contributed by atoms with van der Waals surface area (Å²) >= 11 is 0. The molecule has 2 aliphatic heterocycles. The van der Waals surface area contributed by atoms with Gasteiger partial charge in [0.05, 0.1) is 24.1 Å². The number of carbonyl (C=O) groups excluding carboxylic acids is 2. The highest BCUT2D eigenvalue weighted by Crippen LogP contribution is 2.46. The molecule has 1 amide bonds. The fourth-order valence-corrected chi connectivity index (χ4v) is 5.00. The Hall–Kier alpha value is -2.30. The van der Waals surface area contributed by atoms with Crippen molar-refractivity contribution >= 4 is 11.7 Å². The number of benzene rings is 1. The molecule has 5 heteroatoms. The number of hydrogen-bond acceptors (Lipinski definition) is 4. The number of amides is 1. The smallest absolute Gasteiger partial charge is 0.290 e. The number of carbonyl (C=O) groups is 2. The number of ketones is 1. The average molecular weight is 412 g/mol. The maximum Gasteiger partial charge on any atom is 0.290 e. The molecule has 1 fully saturated rings. The predicted octanol–water partition coefficient (Wildman–Crippen LogP) is 4.96. The van der Waals surface area contributed by atoms with E-state index < -0.39 is 0 Å². The van der Waals surface area contributed by atoms with Gasteiger partial charge in [0.2, 0.25) is 0 Å². The highest BCUT2D eigenvalue weighted by Gasteiger charge is 2.51. The fourth-order valence-electron chi connectivity index (χ4n) is 5.00. The molecule has 1 aliphatic carbocycles. The number of hydrogen-bond donors (Lipinski definition) is 0. The molecule has 1 saturated carbocycles. The van der Waals surface area contributed by atoms with Crippen molar-refractivity contribution in [3.8, 4) is 5.75 Å². The van der Waals surface area contributed by atoms with Gasteiger partial charge in [-0.1, -0.05) is 45.2 Å². The molecular weight excluding hydrogens is 378 g/mol. The number of nitrogens with zero attached hydrogens (tertiary/aromatic N) is 1. The van der Waals surface area contributed by atoms with Gasteiger partial charge in [0.25, 0.3) is 5.91 Å². The molecule has 0 aromatic heterocycles. The van der Waals surface area contributed by atoms with Crippen LogP contribution in [0.15, 0.2) is 35.6 Å². The van der Waals surface area contributed by atoms with E-state index in [1.165, 1.54) is 6.42 Å². The molecule has 0 bridgehead atoms. The van der Waals surface area contributed by atoms with Crippen molar-refractivity contribution in [3.05, 3.63) is 41.2 Å². The molecule has 0 saturated heterocycles. The molecule has 3 aliphatic rings. The number of fused-ring (bicyclic) bond motifs is 1. The second kappa shape index (κ2) is 9.23. The van der Waals surface area contributed by atoms with E-state index in [-0.39, 0.29) is 29.8 Å².